The Morgan fingerprint density at radius 2 is 2.00 bits per heavy atom. The van der Waals surface area contributed by atoms with Crippen molar-refractivity contribution in [2.24, 2.45) is 0 Å². The molecular formula is C15H12FNO2. The first kappa shape index (κ1) is 13.1. The van der Waals surface area contributed by atoms with Crippen LogP contribution in [0.1, 0.15) is 16.7 Å². The number of nitriles is 1. The fourth-order valence-corrected chi connectivity index (χ4v) is 1.68. The molecule has 1 N–H and O–H groups in total. The zero-order valence-corrected chi connectivity index (χ0v) is 10.1. The summed E-state index contributed by atoms with van der Waals surface area (Å²) >= 11 is 0. The Morgan fingerprint density at radius 1 is 1.21 bits per heavy atom. The summed E-state index contributed by atoms with van der Waals surface area (Å²) in [6.45, 7) is 0.106. The van der Waals surface area contributed by atoms with Gasteiger partial charge >= 0.3 is 0 Å². The highest BCUT2D eigenvalue weighted by molar-refractivity contribution is 5.35. The molecule has 2 aromatic carbocycles. The van der Waals surface area contributed by atoms with E-state index in [0.29, 0.717) is 16.9 Å². The van der Waals surface area contributed by atoms with Crippen molar-refractivity contribution in [2.45, 2.75) is 13.2 Å². The van der Waals surface area contributed by atoms with Crippen LogP contribution in [0.4, 0.5) is 4.39 Å². The van der Waals surface area contributed by atoms with Crippen LogP contribution in [0.5, 0.6) is 5.75 Å². The highest BCUT2D eigenvalue weighted by Gasteiger charge is 2.05. The summed E-state index contributed by atoms with van der Waals surface area (Å²) < 4.78 is 18.7. The molecule has 0 aliphatic heterocycles. The van der Waals surface area contributed by atoms with Crippen molar-refractivity contribution >= 4 is 0 Å². The van der Waals surface area contributed by atoms with Crippen LogP contribution < -0.4 is 4.74 Å². The third kappa shape index (κ3) is 3.09. The van der Waals surface area contributed by atoms with E-state index in [4.69, 9.17) is 15.1 Å². The molecule has 19 heavy (non-hydrogen) atoms. The standard InChI is InChI=1S/C15H12FNO2/c16-14-6-5-11(7-13(14)8-17)10-19-15-4-2-1-3-12(15)9-18/h1-7,18H,9-10H2. The number of hydrogen-bond acceptors (Lipinski definition) is 3. The number of benzene rings is 2. The Bertz CT molecular complexity index is 620. The molecule has 0 heterocycles. The van der Waals surface area contributed by atoms with Crippen LogP contribution in [0.3, 0.4) is 0 Å². The molecule has 0 aliphatic rings. The topological polar surface area (TPSA) is 53.2 Å². The van der Waals surface area contributed by atoms with E-state index in [1.54, 1.807) is 30.3 Å². The quantitative estimate of drug-likeness (QED) is 0.916. The van der Waals surface area contributed by atoms with Crippen molar-refractivity contribution in [1.82, 2.24) is 0 Å². The molecule has 0 aromatic heterocycles. The summed E-state index contributed by atoms with van der Waals surface area (Å²) in [6.07, 6.45) is 0. The molecular weight excluding hydrogens is 245 g/mol. The molecule has 0 saturated heterocycles. The third-order valence-corrected chi connectivity index (χ3v) is 2.69. The monoisotopic (exact) mass is 257 g/mol. The van der Waals surface area contributed by atoms with E-state index in [2.05, 4.69) is 0 Å². The van der Waals surface area contributed by atoms with E-state index >= 15 is 0 Å². The van der Waals surface area contributed by atoms with Gasteiger partial charge < -0.3 is 9.84 Å². The second-order valence-corrected chi connectivity index (χ2v) is 3.98. The van der Waals surface area contributed by atoms with Crippen molar-refractivity contribution in [2.75, 3.05) is 0 Å². The molecule has 0 bridgehead atoms. The predicted octanol–water partition coefficient (Wildman–Crippen LogP) is 2.77. The molecule has 0 spiro atoms. The van der Waals surface area contributed by atoms with Gasteiger partial charge in [0.1, 0.15) is 24.2 Å². The lowest BCUT2D eigenvalue weighted by atomic mass is 10.1. The van der Waals surface area contributed by atoms with E-state index < -0.39 is 5.82 Å². The number of halogens is 1. The Morgan fingerprint density at radius 3 is 2.74 bits per heavy atom. The second kappa shape index (κ2) is 5.98. The molecule has 96 valence electrons. The molecule has 0 fully saturated rings. The first-order valence-corrected chi connectivity index (χ1v) is 5.74. The molecule has 3 nitrogen and oxygen atoms in total. The number of nitrogens with zero attached hydrogens (tertiary/aromatic N) is 1. The fraction of sp³-hybridized carbons (Fsp3) is 0.133. The summed E-state index contributed by atoms with van der Waals surface area (Å²) in [4.78, 5) is 0. The van der Waals surface area contributed by atoms with Crippen LogP contribution in [-0.4, -0.2) is 5.11 Å². The Hall–Kier alpha value is -2.38. The van der Waals surface area contributed by atoms with Crippen molar-refractivity contribution in [3.8, 4) is 11.8 Å². The minimum absolute atomic E-state index is 0.00320. The van der Waals surface area contributed by atoms with Crippen molar-refractivity contribution in [3.05, 3.63) is 65.0 Å². The van der Waals surface area contributed by atoms with Gasteiger partial charge in [-0.25, -0.2) is 4.39 Å². The lowest BCUT2D eigenvalue weighted by Crippen LogP contribution is -1.99. The summed E-state index contributed by atoms with van der Waals surface area (Å²) in [6, 6.07) is 13.2. The minimum atomic E-state index is -0.540. The smallest absolute Gasteiger partial charge is 0.140 e. The zero-order valence-electron chi connectivity index (χ0n) is 10.1. The average molecular weight is 257 g/mol. The zero-order chi connectivity index (χ0) is 13.7. The highest BCUT2D eigenvalue weighted by Crippen LogP contribution is 2.19. The van der Waals surface area contributed by atoms with Crippen LogP contribution in [0.2, 0.25) is 0 Å². The van der Waals surface area contributed by atoms with Gasteiger partial charge in [-0.3, -0.25) is 0 Å². The van der Waals surface area contributed by atoms with Crippen LogP contribution in [0.15, 0.2) is 42.5 Å². The molecule has 0 radical (unpaired) electrons. The molecule has 0 saturated carbocycles. The Kier molecular flexibility index (Phi) is 4.11. The van der Waals surface area contributed by atoms with E-state index in [0.717, 1.165) is 0 Å². The molecule has 0 unspecified atom stereocenters. The molecule has 0 atom stereocenters. The molecule has 0 aliphatic carbocycles. The van der Waals surface area contributed by atoms with Gasteiger partial charge in [-0.1, -0.05) is 24.3 Å². The number of para-hydroxylation sites is 1. The molecule has 4 heteroatoms. The largest absolute Gasteiger partial charge is 0.489 e. The average Bonchev–Trinajstić information content (AvgIpc) is 2.46. The number of aliphatic hydroxyl groups is 1. The highest BCUT2D eigenvalue weighted by atomic mass is 19.1. The minimum Gasteiger partial charge on any atom is -0.489 e. The van der Waals surface area contributed by atoms with Gasteiger partial charge in [-0.2, -0.15) is 5.26 Å². The maximum atomic E-state index is 13.2. The summed E-state index contributed by atoms with van der Waals surface area (Å²) in [5.41, 5.74) is 1.38. The van der Waals surface area contributed by atoms with Gasteiger partial charge in [0, 0.05) is 5.56 Å². The molecule has 0 amide bonds. The second-order valence-electron chi connectivity index (χ2n) is 3.98. The lowest BCUT2D eigenvalue weighted by molar-refractivity contribution is 0.259. The van der Waals surface area contributed by atoms with Crippen LogP contribution in [0.25, 0.3) is 0 Å². The lowest BCUT2D eigenvalue weighted by Gasteiger charge is -2.10. The van der Waals surface area contributed by atoms with Crippen LogP contribution in [-0.2, 0) is 13.2 Å². The first-order chi connectivity index (χ1) is 9.24. The van der Waals surface area contributed by atoms with E-state index in [9.17, 15) is 4.39 Å². The number of ether oxygens (including phenoxy) is 1. The van der Waals surface area contributed by atoms with Crippen molar-refractivity contribution in [1.29, 1.82) is 5.26 Å². The number of hydrogen-bond donors (Lipinski definition) is 1. The van der Waals surface area contributed by atoms with E-state index in [1.165, 1.54) is 12.1 Å². The molecule has 2 rings (SSSR count). The molecule has 2 aromatic rings. The van der Waals surface area contributed by atoms with Crippen LogP contribution >= 0.6 is 0 Å². The van der Waals surface area contributed by atoms with Crippen LogP contribution in [0, 0.1) is 17.1 Å². The van der Waals surface area contributed by atoms with Gasteiger partial charge in [0.15, 0.2) is 0 Å². The number of rotatable bonds is 4. The third-order valence-electron chi connectivity index (χ3n) is 2.69. The van der Waals surface area contributed by atoms with E-state index in [-0.39, 0.29) is 18.8 Å². The predicted molar refractivity (Wildman–Crippen MR) is 67.8 cm³/mol. The Labute approximate surface area is 110 Å². The van der Waals surface area contributed by atoms with E-state index in [1.807, 2.05) is 6.07 Å². The van der Waals surface area contributed by atoms with Gasteiger partial charge in [-0.05, 0) is 23.8 Å². The van der Waals surface area contributed by atoms with Gasteiger partial charge in [-0.15, -0.1) is 0 Å². The normalized spacial score (nSPS) is 9.95. The maximum absolute atomic E-state index is 13.2. The fourth-order valence-electron chi connectivity index (χ4n) is 1.68. The Balaban J connectivity index is 2.13. The van der Waals surface area contributed by atoms with Gasteiger partial charge in [0.05, 0.1) is 12.2 Å². The van der Waals surface area contributed by atoms with Gasteiger partial charge in [0.2, 0.25) is 0 Å². The summed E-state index contributed by atoms with van der Waals surface area (Å²) in [7, 11) is 0. The summed E-state index contributed by atoms with van der Waals surface area (Å²) in [5, 5.41) is 17.9. The summed E-state index contributed by atoms with van der Waals surface area (Å²) in [5.74, 6) is 0.0369. The number of aliphatic hydroxyl groups excluding tert-OH is 1. The van der Waals surface area contributed by atoms with Gasteiger partial charge in [0.25, 0.3) is 0 Å². The van der Waals surface area contributed by atoms with Crippen molar-refractivity contribution < 1.29 is 14.2 Å². The first-order valence-electron chi connectivity index (χ1n) is 5.74. The van der Waals surface area contributed by atoms with Crippen molar-refractivity contribution in [3.63, 3.8) is 0 Å². The maximum Gasteiger partial charge on any atom is 0.140 e. The SMILES string of the molecule is N#Cc1cc(COc2ccccc2CO)ccc1F.